The number of nitrogens with one attached hydrogen (secondary N) is 4. The fourth-order valence-corrected chi connectivity index (χ4v) is 8.07. The number of imide groups is 2. The number of fused-ring (bicyclic) bond motifs is 2. The molecule has 9 rings (SSSR count). The Morgan fingerprint density at radius 1 is 0.929 bits per heavy atom. The molecule has 18 heteroatoms. The van der Waals surface area contributed by atoms with Crippen molar-refractivity contribution in [1.82, 2.24) is 45.1 Å². The molecule has 1 atom stereocenters. The molecule has 4 amide bonds. The summed E-state index contributed by atoms with van der Waals surface area (Å²) in [7, 11) is 0. The first kappa shape index (κ1) is 35.4. The Morgan fingerprint density at radius 2 is 1.73 bits per heavy atom. The number of aromatic nitrogens is 6. The van der Waals surface area contributed by atoms with Gasteiger partial charge in [-0.2, -0.15) is 20.2 Å². The molecular formula is C38H38F2N12O4. The number of carbonyl (C=O) groups excluding carboxylic acids is 4. The van der Waals surface area contributed by atoms with Crippen LogP contribution < -0.4 is 20.9 Å². The number of halogens is 2. The van der Waals surface area contributed by atoms with E-state index in [0.29, 0.717) is 28.6 Å². The average Bonchev–Trinajstić information content (AvgIpc) is 3.85. The van der Waals surface area contributed by atoms with Gasteiger partial charge in [-0.25, -0.2) is 13.5 Å². The Kier molecular flexibility index (Phi) is 8.90. The van der Waals surface area contributed by atoms with Gasteiger partial charge in [0.1, 0.15) is 23.5 Å². The topological polar surface area (TPSA) is 186 Å². The van der Waals surface area contributed by atoms with Crippen molar-refractivity contribution in [3.8, 4) is 0 Å². The summed E-state index contributed by atoms with van der Waals surface area (Å²) in [5, 5.41) is 21.2. The van der Waals surface area contributed by atoms with Crippen molar-refractivity contribution in [2.45, 2.75) is 51.2 Å². The molecule has 0 saturated carbocycles. The molecule has 2 aromatic carbocycles. The first-order chi connectivity index (χ1) is 27.1. The van der Waals surface area contributed by atoms with Crippen molar-refractivity contribution < 1.29 is 28.0 Å². The van der Waals surface area contributed by atoms with Crippen molar-refractivity contribution >= 4 is 57.9 Å². The highest BCUT2D eigenvalue weighted by Gasteiger charge is 2.45. The number of H-pyrrole nitrogens is 1. The second-order valence-electron chi connectivity index (χ2n) is 14.9. The number of likely N-dealkylation sites (tertiary alicyclic amines) is 1. The second-order valence-corrected chi connectivity index (χ2v) is 14.9. The lowest BCUT2D eigenvalue weighted by Gasteiger charge is -2.44. The number of benzene rings is 2. The molecule has 3 saturated heterocycles. The molecule has 1 unspecified atom stereocenters. The summed E-state index contributed by atoms with van der Waals surface area (Å²) in [4.78, 5) is 65.5. The molecule has 0 spiro atoms. The number of hydrogen-bond acceptors (Lipinski definition) is 12. The van der Waals surface area contributed by atoms with Crippen LogP contribution in [0.4, 0.5) is 32.1 Å². The predicted molar refractivity (Wildman–Crippen MR) is 199 cm³/mol. The van der Waals surface area contributed by atoms with Crippen molar-refractivity contribution in [2.75, 3.05) is 48.3 Å². The fourth-order valence-electron chi connectivity index (χ4n) is 8.07. The molecular weight excluding hydrogens is 726 g/mol. The lowest BCUT2D eigenvalue weighted by molar-refractivity contribution is -0.136. The maximum Gasteiger partial charge on any atom is 0.262 e. The van der Waals surface area contributed by atoms with Crippen LogP contribution >= 0.6 is 0 Å². The van der Waals surface area contributed by atoms with Crippen molar-refractivity contribution in [1.29, 1.82) is 0 Å². The Balaban J connectivity index is 0.833. The minimum atomic E-state index is -0.992. The fraction of sp³-hybridized carbons (Fsp3) is 0.368. The summed E-state index contributed by atoms with van der Waals surface area (Å²) < 4.78 is 29.8. The van der Waals surface area contributed by atoms with Crippen LogP contribution in [0.15, 0.2) is 48.7 Å². The predicted octanol–water partition coefficient (Wildman–Crippen LogP) is 3.67. The van der Waals surface area contributed by atoms with Crippen LogP contribution in [-0.2, 0) is 16.1 Å². The van der Waals surface area contributed by atoms with Gasteiger partial charge in [-0.1, -0.05) is 6.07 Å². The minimum Gasteiger partial charge on any atom is -0.371 e. The maximum absolute atomic E-state index is 14.4. The van der Waals surface area contributed by atoms with E-state index in [1.165, 1.54) is 12.1 Å². The van der Waals surface area contributed by atoms with Gasteiger partial charge in [0.2, 0.25) is 17.8 Å². The Bertz CT molecular complexity index is 2400. The largest absolute Gasteiger partial charge is 0.371 e. The molecule has 3 aromatic heterocycles. The van der Waals surface area contributed by atoms with Gasteiger partial charge in [0, 0.05) is 80.7 Å². The van der Waals surface area contributed by atoms with Gasteiger partial charge in [-0.05, 0) is 50.5 Å². The van der Waals surface area contributed by atoms with E-state index >= 15 is 0 Å². The van der Waals surface area contributed by atoms with E-state index in [0.717, 1.165) is 67.9 Å². The molecule has 4 aliphatic rings. The number of carbonyl (C=O) groups is 4. The van der Waals surface area contributed by atoms with E-state index in [2.05, 4.69) is 40.9 Å². The summed E-state index contributed by atoms with van der Waals surface area (Å²) in [6.45, 7) is 6.21. The van der Waals surface area contributed by atoms with Crippen molar-refractivity contribution in [3.63, 3.8) is 0 Å². The van der Waals surface area contributed by atoms with Gasteiger partial charge in [0.05, 0.1) is 28.8 Å². The average molecular weight is 765 g/mol. The van der Waals surface area contributed by atoms with Crippen LogP contribution in [0.5, 0.6) is 0 Å². The standard InChI is InChI=1S/C38H38F2N12O4/c1-20-12-31(48-47-20)43-33-28-16-42-52(34(28)46-38(45-33)41-15-22-2-3-23(39)13-29(22)40)24-8-10-49(11-9-24)17-21-18-50(19-21)25-4-5-26-27(14-25)37(56)51(36(26)55)30-6-7-32(53)44-35(30)54/h2-5,12-14,16,21,24,30H,6-11,15,17-19H2,1H3,(H,44,53,54)(H3,41,43,45,46,47,48). The smallest absolute Gasteiger partial charge is 0.262 e. The van der Waals surface area contributed by atoms with Gasteiger partial charge in [0.25, 0.3) is 11.8 Å². The molecule has 288 valence electrons. The first-order valence-electron chi connectivity index (χ1n) is 18.6. The lowest BCUT2D eigenvalue weighted by Crippen LogP contribution is -2.54. The second kappa shape index (κ2) is 14.1. The Hall–Kier alpha value is -6.30. The van der Waals surface area contributed by atoms with E-state index in [4.69, 9.17) is 10.1 Å². The zero-order valence-corrected chi connectivity index (χ0v) is 30.4. The van der Waals surface area contributed by atoms with Crippen LogP contribution in [0.2, 0.25) is 0 Å². The van der Waals surface area contributed by atoms with E-state index in [-0.39, 0.29) is 48.1 Å². The summed E-state index contributed by atoms with van der Waals surface area (Å²) in [6, 6.07) is 9.63. The van der Waals surface area contributed by atoms with Crippen LogP contribution in [0.25, 0.3) is 11.0 Å². The molecule has 16 nitrogen and oxygen atoms in total. The van der Waals surface area contributed by atoms with E-state index < -0.39 is 41.3 Å². The number of piperidine rings is 2. The molecule has 56 heavy (non-hydrogen) atoms. The quantitative estimate of drug-likeness (QED) is 0.152. The molecule has 0 aliphatic carbocycles. The highest BCUT2D eigenvalue weighted by molar-refractivity contribution is 6.23. The SMILES string of the molecule is Cc1cc(Nc2nc(NCc3ccc(F)cc3F)nc3c2cnn3C2CCN(CC3CN(c4ccc5c(c4)C(=O)N(C4CCC(=O)NC4=O)C5=O)C3)CC2)n[nH]1. The number of nitrogens with zero attached hydrogens (tertiary/aromatic N) is 8. The Labute approximate surface area is 318 Å². The zero-order valence-electron chi connectivity index (χ0n) is 30.4. The van der Waals surface area contributed by atoms with Crippen molar-refractivity contribution in [3.05, 3.63) is 82.7 Å². The highest BCUT2D eigenvalue weighted by Crippen LogP contribution is 2.35. The summed E-state index contributed by atoms with van der Waals surface area (Å²) >= 11 is 0. The van der Waals surface area contributed by atoms with Crippen LogP contribution in [0.1, 0.15) is 63.7 Å². The van der Waals surface area contributed by atoms with Gasteiger partial charge >= 0.3 is 0 Å². The number of aromatic amines is 1. The molecule has 0 bridgehead atoms. The number of hydrogen-bond donors (Lipinski definition) is 4. The summed E-state index contributed by atoms with van der Waals surface area (Å²) in [6.07, 6.45) is 3.64. The lowest BCUT2D eigenvalue weighted by atomic mass is 9.95. The monoisotopic (exact) mass is 764 g/mol. The molecule has 0 radical (unpaired) electrons. The van der Waals surface area contributed by atoms with Gasteiger partial charge in [-0.15, -0.1) is 0 Å². The van der Waals surface area contributed by atoms with E-state index in [1.54, 1.807) is 18.3 Å². The first-order valence-corrected chi connectivity index (χ1v) is 18.6. The van der Waals surface area contributed by atoms with Gasteiger partial charge < -0.3 is 20.4 Å². The summed E-state index contributed by atoms with van der Waals surface area (Å²) in [5.41, 5.74) is 3.18. The normalized spacial score (nSPS) is 19.4. The third kappa shape index (κ3) is 6.58. The molecule has 3 fully saturated rings. The number of anilines is 4. The van der Waals surface area contributed by atoms with Gasteiger partial charge in [-0.3, -0.25) is 34.5 Å². The van der Waals surface area contributed by atoms with Crippen LogP contribution in [-0.4, -0.2) is 102 Å². The third-order valence-corrected chi connectivity index (χ3v) is 11.0. The zero-order chi connectivity index (χ0) is 38.7. The molecule has 4 N–H and O–H groups in total. The van der Waals surface area contributed by atoms with Crippen molar-refractivity contribution in [2.24, 2.45) is 5.92 Å². The number of amides is 4. The molecule has 5 aromatic rings. The molecule has 7 heterocycles. The van der Waals surface area contributed by atoms with Crippen LogP contribution in [0, 0.1) is 24.5 Å². The molecule has 4 aliphatic heterocycles. The highest BCUT2D eigenvalue weighted by atomic mass is 19.1. The summed E-state index contributed by atoms with van der Waals surface area (Å²) in [5.74, 6) is -1.60. The minimum absolute atomic E-state index is 0.0527. The van der Waals surface area contributed by atoms with Crippen LogP contribution in [0.3, 0.4) is 0 Å². The van der Waals surface area contributed by atoms with E-state index in [9.17, 15) is 28.0 Å². The number of aryl methyl sites for hydroxylation is 1. The third-order valence-electron chi connectivity index (χ3n) is 11.0. The van der Waals surface area contributed by atoms with Gasteiger partial charge in [0.15, 0.2) is 11.5 Å². The maximum atomic E-state index is 14.4. The Morgan fingerprint density at radius 3 is 2.48 bits per heavy atom. The number of rotatable bonds is 10. The van der Waals surface area contributed by atoms with E-state index in [1.807, 2.05) is 23.7 Å².